The molecule has 0 saturated carbocycles. The van der Waals surface area contributed by atoms with Gasteiger partial charge in [-0.15, -0.1) is 0 Å². The van der Waals surface area contributed by atoms with Crippen molar-refractivity contribution in [3.63, 3.8) is 0 Å². The Balaban J connectivity index is 1.66. The topological polar surface area (TPSA) is 69.2 Å². The number of nitrogens with one attached hydrogen (secondary N) is 2. The fraction of sp³-hybridized carbons (Fsp3) is 0.889. The Morgan fingerprint density at radius 2 is 1.96 bits per heavy atom. The van der Waals surface area contributed by atoms with E-state index in [2.05, 4.69) is 25.4 Å². The number of nitrogens with zero attached hydrogens (tertiary/aromatic N) is 3. The Bertz CT molecular complexity index is 455. The minimum atomic E-state index is -0.463. The van der Waals surface area contributed by atoms with Crippen molar-refractivity contribution >= 4 is 12.1 Å². The van der Waals surface area contributed by atoms with Crippen molar-refractivity contribution < 1.29 is 9.53 Å². The van der Waals surface area contributed by atoms with Gasteiger partial charge in [0, 0.05) is 26.7 Å². The van der Waals surface area contributed by atoms with Crippen LogP contribution in [0.25, 0.3) is 0 Å². The van der Waals surface area contributed by atoms with E-state index in [9.17, 15) is 4.79 Å². The first-order valence-corrected chi connectivity index (χ1v) is 9.55. The van der Waals surface area contributed by atoms with E-state index < -0.39 is 5.60 Å². The fourth-order valence-electron chi connectivity index (χ4n) is 3.39. The van der Waals surface area contributed by atoms with Crippen molar-refractivity contribution in [3.8, 4) is 0 Å². The molecular formula is C18H35N5O2. The molecule has 2 heterocycles. The van der Waals surface area contributed by atoms with Crippen LogP contribution < -0.4 is 10.6 Å². The molecule has 0 spiro atoms. The summed E-state index contributed by atoms with van der Waals surface area (Å²) in [7, 11) is 1.82. The first-order valence-electron chi connectivity index (χ1n) is 9.55. The highest BCUT2D eigenvalue weighted by Crippen LogP contribution is 2.12. The third-order valence-corrected chi connectivity index (χ3v) is 4.55. The van der Waals surface area contributed by atoms with Crippen LogP contribution in [0.1, 0.15) is 46.5 Å². The molecule has 2 fully saturated rings. The summed E-state index contributed by atoms with van der Waals surface area (Å²) in [4.78, 5) is 21.0. The molecule has 7 nitrogen and oxygen atoms in total. The lowest BCUT2D eigenvalue weighted by molar-refractivity contribution is 0.0507. The Kier molecular flexibility index (Phi) is 7.35. The van der Waals surface area contributed by atoms with Gasteiger partial charge in [-0.05, 0) is 66.1 Å². The van der Waals surface area contributed by atoms with Crippen LogP contribution in [-0.4, -0.2) is 79.8 Å². The van der Waals surface area contributed by atoms with E-state index in [0.29, 0.717) is 0 Å². The number of alkyl carbamates (subject to hydrolysis) is 1. The van der Waals surface area contributed by atoms with Crippen LogP contribution in [0.15, 0.2) is 4.99 Å². The number of aliphatic imine (C=N–C) groups is 1. The first kappa shape index (κ1) is 19.8. The average Bonchev–Trinajstić information content (AvgIpc) is 3.17. The van der Waals surface area contributed by atoms with Crippen molar-refractivity contribution in [1.29, 1.82) is 0 Å². The van der Waals surface area contributed by atoms with Crippen molar-refractivity contribution in [1.82, 2.24) is 20.4 Å². The highest BCUT2D eigenvalue weighted by atomic mass is 16.6. The number of hydrogen-bond donors (Lipinski definition) is 2. The van der Waals surface area contributed by atoms with Crippen LogP contribution in [0, 0.1) is 0 Å². The smallest absolute Gasteiger partial charge is 0.407 e. The molecular weight excluding hydrogens is 318 g/mol. The normalized spacial score (nSPS) is 22.3. The van der Waals surface area contributed by atoms with E-state index in [-0.39, 0.29) is 12.1 Å². The molecule has 0 aromatic carbocycles. The average molecular weight is 354 g/mol. The molecule has 0 bridgehead atoms. The monoisotopic (exact) mass is 353 g/mol. The van der Waals surface area contributed by atoms with Crippen LogP contribution in [0.5, 0.6) is 0 Å². The minimum absolute atomic E-state index is 0.109. The fourth-order valence-corrected chi connectivity index (χ4v) is 3.39. The van der Waals surface area contributed by atoms with E-state index in [4.69, 9.17) is 4.74 Å². The number of carbonyl (C=O) groups is 1. The summed E-state index contributed by atoms with van der Waals surface area (Å²) in [5.41, 5.74) is -0.463. The second-order valence-corrected chi connectivity index (χ2v) is 7.95. The van der Waals surface area contributed by atoms with Gasteiger partial charge in [-0.25, -0.2) is 4.79 Å². The summed E-state index contributed by atoms with van der Waals surface area (Å²) < 4.78 is 5.33. The van der Waals surface area contributed by atoms with E-state index in [1.165, 1.54) is 25.9 Å². The Hall–Kier alpha value is -1.50. The Labute approximate surface area is 152 Å². The number of amides is 1. The maximum Gasteiger partial charge on any atom is 0.407 e. The molecule has 2 aliphatic rings. The van der Waals surface area contributed by atoms with Gasteiger partial charge in [0.1, 0.15) is 5.60 Å². The van der Waals surface area contributed by atoms with Crippen LogP contribution >= 0.6 is 0 Å². The number of ether oxygens (including phenoxy) is 1. The summed E-state index contributed by atoms with van der Waals surface area (Å²) in [5.74, 6) is 0.926. The third kappa shape index (κ3) is 7.10. The summed E-state index contributed by atoms with van der Waals surface area (Å²) >= 11 is 0. The Morgan fingerprint density at radius 1 is 1.24 bits per heavy atom. The number of hydrogen-bond acceptors (Lipinski definition) is 4. The molecule has 0 radical (unpaired) electrons. The molecule has 2 rings (SSSR count). The molecule has 0 aromatic heterocycles. The summed E-state index contributed by atoms with van der Waals surface area (Å²) in [6.45, 7) is 11.9. The van der Waals surface area contributed by atoms with Crippen LogP contribution in [-0.2, 0) is 4.74 Å². The van der Waals surface area contributed by atoms with Crippen molar-refractivity contribution in [3.05, 3.63) is 0 Å². The van der Waals surface area contributed by atoms with Gasteiger partial charge in [-0.2, -0.15) is 0 Å². The molecule has 144 valence electrons. The lowest BCUT2D eigenvalue weighted by Crippen LogP contribution is -2.44. The van der Waals surface area contributed by atoms with Crippen LogP contribution in [0.4, 0.5) is 4.79 Å². The summed E-state index contributed by atoms with van der Waals surface area (Å²) in [6.07, 6.45) is 4.39. The Morgan fingerprint density at radius 3 is 2.60 bits per heavy atom. The van der Waals surface area contributed by atoms with Crippen molar-refractivity contribution in [2.45, 2.75) is 58.1 Å². The predicted octanol–water partition coefficient (Wildman–Crippen LogP) is 1.65. The molecule has 25 heavy (non-hydrogen) atoms. The van der Waals surface area contributed by atoms with Crippen molar-refractivity contribution in [2.75, 3.05) is 46.3 Å². The molecule has 2 N–H and O–H groups in total. The number of guanidine groups is 1. The number of rotatable bonds is 5. The first-order chi connectivity index (χ1) is 11.9. The molecule has 2 aliphatic heterocycles. The lowest BCUT2D eigenvalue weighted by Gasteiger charge is -2.23. The maximum absolute atomic E-state index is 11.9. The molecule has 2 saturated heterocycles. The largest absolute Gasteiger partial charge is 0.444 e. The second-order valence-electron chi connectivity index (χ2n) is 7.95. The quantitative estimate of drug-likeness (QED) is 0.447. The summed E-state index contributed by atoms with van der Waals surface area (Å²) in [6, 6.07) is 0.109. The predicted molar refractivity (Wildman–Crippen MR) is 101 cm³/mol. The van der Waals surface area contributed by atoms with E-state index in [1.807, 2.05) is 27.8 Å². The molecule has 7 heteroatoms. The standard InChI is InChI=1S/C18H35N5O2/c1-18(2,3)25-17(24)21-15-8-13-23(14-15)16(19-4)20-9-7-12-22-10-5-6-11-22/h15H,5-14H2,1-4H3,(H,19,20)(H,21,24)/t15-/m1/s1. The minimum Gasteiger partial charge on any atom is -0.444 e. The molecule has 0 aliphatic carbocycles. The number of carbonyl (C=O) groups excluding carboxylic acids is 1. The van der Waals surface area contributed by atoms with Crippen molar-refractivity contribution in [2.24, 2.45) is 4.99 Å². The highest BCUT2D eigenvalue weighted by Gasteiger charge is 2.27. The van der Waals surface area contributed by atoms with Gasteiger partial charge < -0.3 is 25.2 Å². The van der Waals surface area contributed by atoms with Gasteiger partial charge in [0.05, 0.1) is 6.04 Å². The molecule has 0 unspecified atom stereocenters. The zero-order chi connectivity index (χ0) is 18.3. The van der Waals surface area contributed by atoms with E-state index in [0.717, 1.165) is 45.0 Å². The lowest BCUT2D eigenvalue weighted by atomic mass is 10.2. The SMILES string of the molecule is CN=C(NCCCN1CCCC1)N1CC[C@@H](NC(=O)OC(C)(C)C)C1. The maximum atomic E-state index is 11.9. The van der Waals surface area contributed by atoms with Gasteiger partial charge in [0.25, 0.3) is 0 Å². The molecule has 1 amide bonds. The van der Waals surface area contributed by atoms with Crippen LogP contribution in [0.3, 0.4) is 0 Å². The third-order valence-electron chi connectivity index (χ3n) is 4.55. The van der Waals surface area contributed by atoms with Gasteiger partial charge in [-0.3, -0.25) is 4.99 Å². The van der Waals surface area contributed by atoms with Gasteiger partial charge in [0.2, 0.25) is 0 Å². The van der Waals surface area contributed by atoms with Gasteiger partial charge in [-0.1, -0.05) is 0 Å². The molecule has 1 atom stereocenters. The van der Waals surface area contributed by atoms with Gasteiger partial charge >= 0.3 is 6.09 Å². The van der Waals surface area contributed by atoms with Crippen LogP contribution in [0.2, 0.25) is 0 Å². The molecule has 0 aromatic rings. The summed E-state index contributed by atoms with van der Waals surface area (Å²) in [5, 5.41) is 6.41. The van der Waals surface area contributed by atoms with Gasteiger partial charge in [0.15, 0.2) is 5.96 Å². The second kappa shape index (κ2) is 9.27. The zero-order valence-corrected chi connectivity index (χ0v) is 16.3. The zero-order valence-electron chi connectivity index (χ0n) is 16.3. The van der Waals surface area contributed by atoms with E-state index in [1.54, 1.807) is 0 Å². The number of likely N-dealkylation sites (tertiary alicyclic amines) is 2. The highest BCUT2D eigenvalue weighted by molar-refractivity contribution is 5.80. The van der Waals surface area contributed by atoms with E-state index >= 15 is 0 Å².